The van der Waals surface area contributed by atoms with Crippen molar-refractivity contribution >= 4 is 57.0 Å². The van der Waals surface area contributed by atoms with Crippen LogP contribution in [0.3, 0.4) is 0 Å². The second kappa shape index (κ2) is 15.9. The maximum absolute atomic E-state index is 13.8. The van der Waals surface area contributed by atoms with E-state index in [1.165, 1.54) is 32.7 Å². The molecule has 0 bridgehead atoms. The van der Waals surface area contributed by atoms with Gasteiger partial charge in [-0.2, -0.15) is 0 Å². The van der Waals surface area contributed by atoms with Gasteiger partial charge in [0.2, 0.25) is 0 Å². The first-order chi connectivity index (χ1) is 22.3. The van der Waals surface area contributed by atoms with E-state index in [-0.39, 0.29) is 31.9 Å². The third-order valence-corrected chi connectivity index (χ3v) is 9.68. The van der Waals surface area contributed by atoms with Crippen molar-refractivity contribution in [3.05, 3.63) is 81.5 Å². The van der Waals surface area contributed by atoms with Crippen LogP contribution in [0.1, 0.15) is 32.8 Å². The molecule has 4 rings (SSSR count). The molecule has 1 N–H and O–H groups in total. The summed E-state index contributed by atoms with van der Waals surface area (Å²) in [6, 6.07) is 18.1. The maximum atomic E-state index is 13.8. The van der Waals surface area contributed by atoms with E-state index >= 15 is 0 Å². The molecule has 47 heavy (non-hydrogen) atoms. The number of aryl methyl sites for hydroxylation is 1. The predicted molar refractivity (Wildman–Crippen MR) is 183 cm³/mol. The van der Waals surface area contributed by atoms with Gasteiger partial charge in [0.05, 0.1) is 18.8 Å². The number of hydrogen-bond acceptors (Lipinski definition) is 11. The Labute approximate surface area is 282 Å². The van der Waals surface area contributed by atoms with Crippen LogP contribution in [0, 0.1) is 0 Å². The molecule has 0 saturated heterocycles. The van der Waals surface area contributed by atoms with Gasteiger partial charge in [-0.15, -0.1) is 11.3 Å². The highest BCUT2D eigenvalue weighted by Crippen LogP contribution is 2.48. The highest BCUT2D eigenvalue weighted by atomic mass is 35.5. The average molecular weight is 708 g/mol. The van der Waals surface area contributed by atoms with Crippen LogP contribution in [0.15, 0.2) is 65.5 Å². The molecule has 1 aromatic heterocycles. The smallest absolute Gasteiger partial charge is 0.457 e. The van der Waals surface area contributed by atoms with Gasteiger partial charge in [-0.05, 0) is 93.8 Å². The van der Waals surface area contributed by atoms with Crippen LogP contribution in [-0.2, 0) is 38.8 Å². The minimum Gasteiger partial charge on any atom is -0.457 e. The Hall–Kier alpha value is -3.06. The van der Waals surface area contributed by atoms with E-state index in [0.717, 1.165) is 15.0 Å². The Balaban J connectivity index is 1.65. The second-order valence-electron chi connectivity index (χ2n) is 11.7. The molecule has 1 amide bonds. The summed E-state index contributed by atoms with van der Waals surface area (Å²) in [7, 11) is -0.0619. The molecule has 11 nitrogen and oxygen atoms in total. The number of fused-ring (bicyclic) bond motifs is 2. The van der Waals surface area contributed by atoms with Crippen molar-refractivity contribution in [2.24, 2.45) is 0 Å². The largest absolute Gasteiger partial charge is 0.474 e. The number of phosphoric ester groups is 1. The molecule has 3 aromatic carbocycles. The number of methoxy groups -OCH3 is 1. The summed E-state index contributed by atoms with van der Waals surface area (Å²) >= 11 is 7.49. The first kappa shape index (κ1) is 36.8. The van der Waals surface area contributed by atoms with Crippen molar-refractivity contribution in [1.82, 2.24) is 5.32 Å². The zero-order chi connectivity index (χ0) is 34.2. The van der Waals surface area contributed by atoms with E-state index < -0.39 is 25.1 Å². The lowest BCUT2D eigenvalue weighted by molar-refractivity contribution is -0.0645. The van der Waals surface area contributed by atoms with Gasteiger partial charge in [0, 0.05) is 46.5 Å². The highest BCUT2D eigenvalue weighted by Gasteiger charge is 2.38. The van der Waals surface area contributed by atoms with E-state index in [2.05, 4.69) is 5.32 Å². The first-order valence-corrected chi connectivity index (χ1v) is 17.3. The fourth-order valence-corrected chi connectivity index (χ4v) is 6.59. The molecule has 0 aliphatic heterocycles. The first-order valence-electron chi connectivity index (χ1n) is 14.6. The van der Waals surface area contributed by atoms with Crippen molar-refractivity contribution < 1.29 is 41.9 Å². The second-order valence-corrected chi connectivity index (χ2v) is 15.1. The standard InChI is InChI=1S/C33H39ClNO10PS/c1-32(2,3)45-31(37)35-33(19-42-21-39-4,20-43-46(38,40-5)41-6)16-15-22-7-13-28-26(17-22)30(36)27-18-25(12-14-29(27)47-28)44-24-10-8-23(34)9-11-24/h7-14,17-18H,15-16,19-21H2,1-6H3,(H,35,37). The summed E-state index contributed by atoms with van der Waals surface area (Å²) in [6.07, 6.45) is -0.117. The summed E-state index contributed by atoms with van der Waals surface area (Å²) in [5, 5.41) is 4.53. The molecule has 0 aliphatic rings. The Morgan fingerprint density at radius 2 is 1.53 bits per heavy atom. The molecule has 1 unspecified atom stereocenters. The lowest BCUT2D eigenvalue weighted by Crippen LogP contribution is -2.56. The third-order valence-electron chi connectivity index (χ3n) is 6.94. The van der Waals surface area contributed by atoms with Gasteiger partial charge in [-0.3, -0.25) is 18.4 Å². The molecule has 254 valence electrons. The van der Waals surface area contributed by atoms with Gasteiger partial charge >= 0.3 is 13.9 Å². The van der Waals surface area contributed by atoms with Gasteiger partial charge in [0.25, 0.3) is 0 Å². The van der Waals surface area contributed by atoms with Crippen LogP contribution in [0.25, 0.3) is 20.2 Å². The Kier molecular flexibility index (Phi) is 12.4. The highest BCUT2D eigenvalue weighted by molar-refractivity contribution is 7.48. The average Bonchev–Trinajstić information content (AvgIpc) is 3.03. The van der Waals surface area contributed by atoms with Crippen molar-refractivity contribution in [3.8, 4) is 11.5 Å². The van der Waals surface area contributed by atoms with Crippen LogP contribution >= 0.6 is 30.8 Å². The van der Waals surface area contributed by atoms with Crippen LogP contribution in [0.5, 0.6) is 11.5 Å². The molecular weight excluding hydrogens is 669 g/mol. The quantitative estimate of drug-likeness (QED) is 0.0560. The Bertz CT molecular complexity index is 1790. The molecule has 4 aromatic rings. The predicted octanol–water partition coefficient (Wildman–Crippen LogP) is 8.09. The van der Waals surface area contributed by atoms with Gasteiger partial charge in [0.15, 0.2) is 5.43 Å². The fourth-order valence-electron chi connectivity index (χ4n) is 4.67. The van der Waals surface area contributed by atoms with E-state index in [0.29, 0.717) is 33.7 Å². The number of hydrogen-bond donors (Lipinski definition) is 1. The number of rotatable bonds is 15. The summed E-state index contributed by atoms with van der Waals surface area (Å²) in [6.45, 7) is 4.75. The summed E-state index contributed by atoms with van der Waals surface area (Å²) in [4.78, 5) is 26.8. The van der Waals surface area contributed by atoms with Crippen molar-refractivity contribution in [3.63, 3.8) is 0 Å². The molecule has 1 heterocycles. The van der Waals surface area contributed by atoms with Gasteiger partial charge in [0.1, 0.15) is 23.9 Å². The van der Waals surface area contributed by atoms with E-state index in [9.17, 15) is 14.2 Å². The summed E-state index contributed by atoms with van der Waals surface area (Å²) in [5.74, 6) is 1.13. The number of halogens is 1. The van der Waals surface area contributed by atoms with Crippen LogP contribution in [-0.4, -0.2) is 58.6 Å². The zero-order valence-electron chi connectivity index (χ0n) is 27.1. The molecule has 0 fully saturated rings. The molecule has 0 radical (unpaired) electrons. The number of phosphoric acid groups is 1. The number of alkyl carbamates (subject to hydrolysis) is 1. The minimum atomic E-state index is -3.92. The topological polar surface area (TPSA) is 128 Å². The number of amides is 1. The summed E-state index contributed by atoms with van der Waals surface area (Å²) < 4.78 is 52.2. The van der Waals surface area contributed by atoms with Crippen LogP contribution in [0.2, 0.25) is 5.02 Å². The Morgan fingerprint density at radius 3 is 2.17 bits per heavy atom. The maximum Gasteiger partial charge on any atom is 0.474 e. The molecule has 0 spiro atoms. The van der Waals surface area contributed by atoms with E-state index in [4.69, 9.17) is 44.1 Å². The van der Waals surface area contributed by atoms with Crippen molar-refractivity contribution in [2.45, 2.75) is 44.8 Å². The Morgan fingerprint density at radius 1 is 0.894 bits per heavy atom. The number of carbonyl (C=O) groups is 1. The van der Waals surface area contributed by atoms with Crippen LogP contribution < -0.4 is 15.5 Å². The SMILES string of the molecule is COCOCC(CCc1ccc2sc3ccc(Oc4ccc(Cl)cc4)cc3c(=O)c2c1)(COP(=O)(OC)OC)NC(=O)OC(C)(C)C. The van der Waals surface area contributed by atoms with Gasteiger partial charge in [-0.25, -0.2) is 9.36 Å². The van der Waals surface area contributed by atoms with E-state index in [1.54, 1.807) is 51.1 Å². The zero-order valence-corrected chi connectivity index (χ0v) is 29.6. The molecule has 14 heteroatoms. The normalized spacial score (nSPS) is 13.4. The number of ether oxygens (including phenoxy) is 4. The van der Waals surface area contributed by atoms with Gasteiger partial charge < -0.3 is 24.3 Å². The van der Waals surface area contributed by atoms with Crippen LogP contribution in [0.4, 0.5) is 4.79 Å². The monoisotopic (exact) mass is 707 g/mol. The molecule has 1 atom stereocenters. The van der Waals surface area contributed by atoms with Crippen molar-refractivity contribution in [2.75, 3.05) is 41.3 Å². The molecular formula is C33H39ClNO10PS. The number of carbonyl (C=O) groups excluding carboxylic acids is 1. The number of benzene rings is 3. The molecule has 0 saturated carbocycles. The lowest BCUT2D eigenvalue weighted by atomic mass is 9.92. The third kappa shape index (κ3) is 10.2. The fraction of sp³-hybridized carbons (Fsp3) is 0.394. The number of nitrogens with one attached hydrogen (secondary N) is 1. The minimum absolute atomic E-state index is 0.0718. The summed E-state index contributed by atoms with van der Waals surface area (Å²) in [5.41, 5.74) is -1.37. The van der Waals surface area contributed by atoms with Gasteiger partial charge in [-0.1, -0.05) is 17.7 Å². The lowest BCUT2D eigenvalue weighted by Gasteiger charge is -2.35. The van der Waals surface area contributed by atoms with Crippen molar-refractivity contribution in [1.29, 1.82) is 0 Å². The van der Waals surface area contributed by atoms with E-state index in [1.807, 2.05) is 30.3 Å². The molecule has 0 aliphatic carbocycles.